The second-order valence-corrected chi connectivity index (χ2v) is 11.4. The summed E-state index contributed by atoms with van der Waals surface area (Å²) in [7, 11) is 1.46. The van der Waals surface area contributed by atoms with E-state index in [2.05, 4.69) is 20.4 Å². The zero-order chi connectivity index (χ0) is 28.7. The third-order valence-corrected chi connectivity index (χ3v) is 8.52. The summed E-state index contributed by atoms with van der Waals surface area (Å²) in [5.74, 6) is -2.28. The quantitative estimate of drug-likeness (QED) is 0.370. The van der Waals surface area contributed by atoms with Gasteiger partial charge in [-0.3, -0.25) is 0 Å². The number of nitrogens with zero attached hydrogens (tertiary/aromatic N) is 5. The molecule has 1 aromatic carbocycles. The Morgan fingerprint density at radius 1 is 1.05 bits per heavy atom. The van der Waals surface area contributed by atoms with Crippen molar-refractivity contribution in [3.8, 4) is 11.3 Å². The molecular weight excluding hydrogens is 543 g/mol. The lowest BCUT2D eigenvalue weighted by Gasteiger charge is -2.43. The third-order valence-electron chi connectivity index (χ3n) is 8.52. The number of aromatic nitrogens is 4. The second-order valence-electron chi connectivity index (χ2n) is 11.4. The van der Waals surface area contributed by atoms with Crippen LogP contribution in [0, 0.1) is 23.4 Å². The summed E-state index contributed by atoms with van der Waals surface area (Å²) in [6, 6.07) is 2.71. The standard InChI is InChI=1S/C28H34F3N5O5/c1-39-28-23(11-18-10-22(41-33-18)16-4-6-35(7-5-16)12-15-2-3-15)40-24(14-37)27(38)26(28)36-13-21(32-34-36)17-8-19(29)25(31)20(30)9-17/h8-10,13,15-16,23-24,26-28,37-38H,2-7,11-12,14H2,1H3/t23-,24-,26+,27+,28+/m1/s1. The number of hydrogen-bond donors (Lipinski definition) is 2. The van der Waals surface area contributed by atoms with Gasteiger partial charge in [0.1, 0.15) is 35.8 Å². The first kappa shape index (κ1) is 28.3. The number of piperidine rings is 1. The molecule has 0 bridgehead atoms. The zero-order valence-corrected chi connectivity index (χ0v) is 22.7. The van der Waals surface area contributed by atoms with Gasteiger partial charge in [-0.2, -0.15) is 0 Å². The van der Waals surface area contributed by atoms with Gasteiger partial charge in [-0.05, 0) is 56.8 Å². The Morgan fingerprint density at radius 2 is 1.78 bits per heavy atom. The van der Waals surface area contributed by atoms with Crippen molar-refractivity contribution >= 4 is 0 Å². The maximum atomic E-state index is 13.8. The Hall–Kier alpha value is -2.84. The van der Waals surface area contributed by atoms with Crippen LogP contribution in [0.25, 0.3) is 11.3 Å². The fourth-order valence-electron chi connectivity index (χ4n) is 6.08. The third kappa shape index (κ3) is 5.91. The van der Waals surface area contributed by atoms with Gasteiger partial charge in [0, 0.05) is 37.6 Å². The molecule has 2 aliphatic heterocycles. The number of rotatable bonds is 9. The van der Waals surface area contributed by atoms with Crippen LogP contribution >= 0.6 is 0 Å². The molecule has 0 unspecified atom stereocenters. The summed E-state index contributed by atoms with van der Waals surface area (Å²) in [5, 5.41) is 33.3. The van der Waals surface area contributed by atoms with Crippen molar-refractivity contribution in [1.82, 2.24) is 25.1 Å². The van der Waals surface area contributed by atoms with E-state index in [-0.39, 0.29) is 17.7 Å². The average molecular weight is 578 g/mol. The number of methoxy groups -OCH3 is 1. The topological polar surface area (TPSA) is 119 Å². The van der Waals surface area contributed by atoms with Crippen LogP contribution in [0.3, 0.4) is 0 Å². The van der Waals surface area contributed by atoms with E-state index in [1.54, 1.807) is 0 Å². The highest BCUT2D eigenvalue weighted by atomic mass is 19.2. The minimum atomic E-state index is -1.58. The highest BCUT2D eigenvalue weighted by Crippen LogP contribution is 2.36. The minimum Gasteiger partial charge on any atom is -0.394 e. The van der Waals surface area contributed by atoms with Gasteiger partial charge in [0.2, 0.25) is 0 Å². The molecule has 2 aromatic heterocycles. The van der Waals surface area contributed by atoms with Crippen molar-refractivity contribution in [3.63, 3.8) is 0 Å². The summed E-state index contributed by atoms with van der Waals surface area (Å²) in [5.41, 5.74) is 0.709. The minimum absolute atomic E-state index is 0.0214. The molecule has 0 spiro atoms. The van der Waals surface area contributed by atoms with Crippen molar-refractivity contribution in [2.75, 3.05) is 33.4 Å². The van der Waals surface area contributed by atoms with Crippen LogP contribution in [0.1, 0.15) is 49.1 Å². The van der Waals surface area contributed by atoms with Crippen molar-refractivity contribution in [2.24, 2.45) is 5.92 Å². The van der Waals surface area contributed by atoms with E-state index in [1.165, 1.54) is 37.4 Å². The van der Waals surface area contributed by atoms with Crippen molar-refractivity contribution in [1.29, 1.82) is 0 Å². The monoisotopic (exact) mass is 577 g/mol. The number of aliphatic hydroxyl groups excluding tert-OH is 2. The van der Waals surface area contributed by atoms with Gasteiger partial charge in [0.25, 0.3) is 0 Å². The molecule has 6 rings (SSSR count). The Bertz CT molecular complexity index is 1320. The lowest BCUT2D eigenvalue weighted by Crippen LogP contribution is -2.57. The molecule has 13 heteroatoms. The van der Waals surface area contributed by atoms with Crippen LogP contribution in [-0.4, -0.2) is 93.0 Å². The van der Waals surface area contributed by atoms with E-state index in [9.17, 15) is 23.4 Å². The largest absolute Gasteiger partial charge is 0.394 e. The fraction of sp³-hybridized carbons (Fsp3) is 0.607. The number of benzene rings is 1. The lowest BCUT2D eigenvalue weighted by atomic mass is 9.89. The first-order chi connectivity index (χ1) is 19.8. The predicted molar refractivity (Wildman–Crippen MR) is 138 cm³/mol. The summed E-state index contributed by atoms with van der Waals surface area (Å²) in [6.45, 7) is 2.81. The van der Waals surface area contributed by atoms with E-state index in [1.807, 2.05) is 6.07 Å². The average Bonchev–Trinajstić information content (AvgIpc) is 3.44. The summed E-state index contributed by atoms with van der Waals surface area (Å²) in [6.07, 6.45) is 2.78. The van der Waals surface area contributed by atoms with Gasteiger partial charge in [-0.25, -0.2) is 17.9 Å². The van der Waals surface area contributed by atoms with Gasteiger partial charge in [-0.15, -0.1) is 5.10 Å². The van der Waals surface area contributed by atoms with Crippen molar-refractivity contribution in [2.45, 2.75) is 68.5 Å². The summed E-state index contributed by atoms with van der Waals surface area (Å²) < 4.78 is 59.9. The molecule has 3 aliphatic rings. The highest BCUT2D eigenvalue weighted by Gasteiger charge is 2.47. The number of ether oxygens (including phenoxy) is 2. The summed E-state index contributed by atoms with van der Waals surface area (Å²) in [4.78, 5) is 2.53. The summed E-state index contributed by atoms with van der Waals surface area (Å²) >= 11 is 0. The first-order valence-electron chi connectivity index (χ1n) is 14.1. The van der Waals surface area contributed by atoms with Gasteiger partial charge >= 0.3 is 0 Å². The van der Waals surface area contributed by atoms with Crippen LogP contribution in [-0.2, 0) is 15.9 Å². The van der Waals surface area contributed by atoms with Crippen LogP contribution in [0.15, 0.2) is 28.9 Å². The SMILES string of the molecule is CO[C@@H]1[C@@H](n2cc(-c3cc(F)c(F)c(F)c3)nn2)[C@@H](O)[C@@H](CO)O[C@@H]1Cc1cc(C2CCN(CC3CC3)CC2)on1. The normalized spacial score (nSPS) is 27.9. The highest BCUT2D eigenvalue weighted by molar-refractivity contribution is 5.57. The Kier molecular flexibility index (Phi) is 8.14. The molecule has 1 aliphatic carbocycles. The lowest BCUT2D eigenvalue weighted by molar-refractivity contribution is -0.212. The van der Waals surface area contributed by atoms with Crippen LogP contribution in [0.5, 0.6) is 0 Å². The zero-order valence-electron chi connectivity index (χ0n) is 22.7. The number of halogens is 3. The molecule has 1 saturated carbocycles. The van der Waals surface area contributed by atoms with Crippen LogP contribution < -0.4 is 0 Å². The molecule has 3 aromatic rings. The molecule has 222 valence electrons. The van der Waals surface area contributed by atoms with E-state index >= 15 is 0 Å². The van der Waals surface area contributed by atoms with Crippen LogP contribution in [0.2, 0.25) is 0 Å². The van der Waals surface area contributed by atoms with Crippen molar-refractivity contribution < 1.29 is 37.4 Å². The molecule has 0 radical (unpaired) electrons. The maximum absolute atomic E-state index is 13.8. The molecule has 2 saturated heterocycles. The molecule has 10 nitrogen and oxygen atoms in total. The van der Waals surface area contributed by atoms with Crippen LogP contribution in [0.4, 0.5) is 13.2 Å². The molecule has 41 heavy (non-hydrogen) atoms. The molecule has 2 N–H and O–H groups in total. The van der Waals surface area contributed by atoms with Gasteiger partial charge in [-0.1, -0.05) is 10.4 Å². The fourth-order valence-corrected chi connectivity index (χ4v) is 6.08. The number of aliphatic hydroxyl groups is 2. The van der Waals surface area contributed by atoms with Gasteiger partial charge in [0.05, 0.1) is 24.6 Å². The van der Waals surface area contributed by atoms with Gasteiger partial charge < -0.3 is 29.1 Å². The first-order valence-corrected chi connectivity index (χ1v) is 14.1. The molecular formula is C28H34F3N5O5. The second kappa shape index (κ2) is 11.8. The number of hydrogen-bond acceptors (Lipinski definition) is 9. The molecule has 0 amide bonds. The predicted octanol–water partition coefficient (Wildman–Crippen LogP) is 2.86. The van der Waals surface area contributed by atoms with E-state index in [0.717, 1.165) is 49.7 Å². The van der Waals surface area contributed by atoms with E-state index < -0.39 is 54.5 Å². The Balaban J connectivity index is 1.18. The Morgan fingerprint density at radius 3 is 2.44 bits per heavy atom. The molecule has 3 fully saturated rings. The van der Waals surface area contributed by atoms with Gasteiger partial charge in [0.15, 0.2) is 17.5 Å². The Labute approximate surface area is 235 Å². The maximum Gasteiger partial charge on any atom is 0.194 e. The molecule has 5 atom stereocenters. The number of likely N-dealkylation sites (tertiary alicyclic amines) is 1. The van der Waals surface area contributed by atoms with Crippen molar-refractivity contribution in [3.05, 3.63) is 53.3 Å². The van der Waals surface area contributed by atoms with E-state index in [0.29, 0.717) is 11.6 Å². The molecule has 4 heterocycles. The smallest absolute Gasteiger partial charge is 0.194 e. The van der Waals surface area contributed by atoms with E-state index in [4.69, 9.17) is 14.0 Å².